The predicted molar refractivity (Wildman–Crippen MR) is 124 cm³/mol. The van der Waals surface area contributed by atoms with Crippen LogP contribution in [0.3, 0.4) is 0 Å². The topological polar surface area (TPSA) is 83.1 Å². The average molecular weight is 404 g/mol. The smallest absolute Gasteiger partial charge is 0.106 e. The first-order valence-electron chi connectivity index (χ1n) is 10.4. The third kappa shape index (κ3) is 2.79. The highest BCUT2D eigenvalue weighted by Gasteiger charge is 2.14. The summed E-state index contributed by atoms with van der Waals surface area (Å²) in [7, 11) is 0. The number of fused-ring (bicyclic) bond motifs is 6. The van der Waals surface area contributed by atoms with Crippen molar-refractivity contribution in [1.82, 2.24) is 29.9 Å². The van der Waals surface area contributed by atoms with E-state index in [4.69, 9.17) is 9.97 Å². The van der Waals surface area contributed by atoms with Gasteiger partial charge in [-0.2, -0.15) is 0 Å². The summed E-state index contributed by atoms with van der Waals surface area (Å²) in [5, 5.41) is 4.50. The second kappa shape index (κ2) is 6.74. The van der Waals surface area contributed by atoms with Crippen molar-refractivity contribution in [1.29, 1.82) is 0 Å². The number of aromatic amines is 2. The molecule has 0 saturated carbocycles. The van der Waals surface area contributed by atoms with E-state index in [0.717, 1.165) is 73.2 Å². The Balaban J connectivity index is 1.65. The molecule has 0 bridgehead atoms. The fourth-order valence-electron chi connectivity index (χ4n) is 4.27. The van der Waals surface area contributed by atoms with E-state index in [0.29, 0.717) is 0 Å². The van der Waals surface area contributed by atoms with E-state index in [1.807, 2.05) is 19.3 Å². The lowest BCUT2D eigenvalue weighted by Gasteiger charge is -2.11. The minimum Gasteiger partial charge on any atom is -0.342 e. The molecule has 0 unspecified atom stereocenters. The molecule has 0 radical (unpaired) electrons. The van der Waals surface area contributed by atoms with Gasteiger partial charge in [0.05, 0.1) is 34.8 Å². The molecular formula is C25H20N6. The Hall–Kier alpha value is -4.06. The van der Waals surface area contributed by atoms with Crippen LogP contribution in [-0.4, -0.2) is 29.9 Å². The highest BCUT2D eigenvalue weighted by Crippen LogP contribution is 2.36. The van der Waals surface area contributed by atoms with Crippen molar-refractivity contribution in [3.05, 3.63) is 72.8 Å². The molecule has 0 atom stereocenters. The zero-order chi connectivity index (χ0) is 20.9. The maximum Gasteiger partial charge on any atom is 0.106 e. The van der Waals surface area contributed by atoms with Crippen LogP contribution in [0, 0.1) is 6.92 Å². The van der Waals surface area contributed by atoms with Crippen molar-refractivity contribution in [3.63, 3.8) is 0 Å². The number of hydrogen-bond acceptors (Lipinski definition) is 4. The number of nitrogens with one attached hydrogen (secondary N) is 2. The highest BCUT2D eigenvalue weighted by molar-refractivity contribution is 6.23. The molecular weight excluding hydrogens is 384 g/mol. The van der Waals surface area contributed by atoms with Crippen molar-refractivity contribution >= 4 is 32.6 Å². The lowest BCUT2D eigenvalue weighted by molar-refractivity contribution is 0.991. The fourth-order valence-corrected chi connectivity index (χ4v) is 4.27. The van der Waals surface area contributed by atoms with Crippen LogP contribution >= 0.6 is 0 Å². The summed E-state index contributed by atoms with van der Waals surface area (Å²) >= 11 is 0. The van der Waals surface area contributed by atoms with E-state index in [1.165, 1.54) is 0 Å². The maximum atomic E-state index is 4.71. The second-order valence-electron chi connectivity index (χ2n) is 7.75. The molecule has 0 fully saturated rings. The van der Waals surface area contributed by atoms with E-state index >= 15 is 0 Å². The van der Waals surface area contributed by atoms with Crippen molar-refractivity contribution in [2.45, 2.75) is 20.3 Å². The lowest BCUT2D eigenvalue weighted by Crippen LogP contribution is -1.90. The zero-order valence-corrected chi connectivity index (χ0v) is 17.3. The van der Waals surface area contributed by atoms with Crippen LogP contribution in [0.2, 0.25) is 0 Å². The Bertz CT molecular complexity index is 1570. The number of rotatable bonds is 3. The normalized spacial score (nSPS) is 11.7. The summed E-state index contributed by atoms with van der Waals surface area (Å²) in [4.78, 5) is 24.9. The molecule has 0 aliphatic heterocycles. The van der Waals surface area contributed by atoms with Crippen LogP contribution < -0.4 is 0 Å². The first kappa shape index (κ1) is 17.8. The number of aromatic nitrogens is 6. The van der Waals surface area contributed by atoms with Gasteiger partial charge in [0.25, 0.3) is 0 Å². The van der Waals surface area contributed by atoms with Crippen LogP contribution in [0.15, 0.2) is 61.2 Å². The molecule has 6 heteroatoms. The van der Waals surface area contributed by atoms with Gasteiger partial charge in [-0.05, 0) is 29.8 Å². The van der Waals surface area contributed by atoms with Gasteiger partial charge in [-0.15, -0.1) is 0 Å². The molecule has 0 amide bonds. The molecule has 6 rings (SSSR count). The molecule has 0 saturated heterocycles. The summed E-state index contributed by atoms with van der Waals surface area (Å²) in [6, 6.07) is 13.0. The summed E-state index contributed by atoms with van der Waals surface area (Å²) in [5.41, 5.74) is 5.99. The number of H-pyrrole nitrogens is 2. The van der Waals surface area contributed by atoms with E-state index in [-0.39, 0.29) is 0 Å². The van der Waals surface area contributed by atoms with E-state index < -0.39 is 0 Å². The number of benzene rings is 3. The van der Waals surface area contributed by atoms with Gasteiger partial charge < -0.3 is 9.97 Å². The van der Waals surface area contributed by atoms with Gasteiger partial charge in [-0.3, -0.25) is 9.97 Å². The highest BCUT2D eigenvalue weighted by atomic mass is 14.9. The standard InChI is InChI=1S/C25H20N6/c1-3-23-29-13-22(31-23)16-5-7-18-17-6-4-15(21-12-28-14(2)30-21)10-19(17)24-25(20(18)11-16)27-9-8-26-24/h4-13H,3H2,1-2H3,(H,28,30)(H,29,31). The van der Waals surface area contributed by atoms with Crippen LogP contribution in [0.4, 0.5) is 0 Å². The Kier molecular flexibility index (Phi) is 3.86. The SMILES string of the molecule is CCc1ncc(-c2ccc3c4ccc(-c5cnc(C)[nH]5)cc4c4nccnc4c3c2)[nH]1. The van der Waals surface area contributed by atoms with Gasteiger partial charge in [0, 0.05) is 40.7 Å². The Morgan fingerprint density at radius 2 is 1.26 bits per heavy atom. The fraction of sp³-hybridized carbons (Fsp3) is 0.120. The van der Waals surface area contributed by atoms with Crippen LogP contribution in [-0.2, 0) is 6.42 Å². The van der Waals surface area contributed by atoms with E-state index in [2.05, 4.69) is 63.3 Å². The van der Waals surface area contributed by atoms with Gasteiger partial charge in [0.15, 0.2) is 0 Å². The molecule has 2 N–H and O–H groups in total. The van der Waals surface area contributed by atoms with E-state index in [9.17, 15) is 0 Å². The summed E-state index contributed by atoms with van der Waals surface area (Å²) in [5.74, 6) is 1.88. The Labute approximate surface area is 178 Å². The zero-order valence-electron chi connectivity index (χ0n) is 17.3. The Morgan fingerprint density at radius 1 is 0.677 bits per heavy atom. The van der Waals surface area contributed by atoms with Crippen molar-refractivity contribution in [3.8, 4) is 22.5 Å². The summed E-state index contributed by atoms with van der Waals surface area (Å²) in [6.45, 7) is 4.05. The van der Waals surface area contributed by atoms with Gasteiger partial charge in [-0.25, -0.2) is 9.97 Å². The number of aryl methyl sites for hydroxylation is 2. The van der Waals surface area contributed by atoms with Crippen molar-refractivity contribution in [2.75, 3.05) is 0 Å². The van der Waals surface area contributed by atoms with Crippen LogP contribution in [0.25, 0.3) is 55.1 Å². The molecule has 3 heterocycles. The Morgan fingerprint density at radius 3 is 1.77 bits per heavy atom. The third-order valence-electron chi connectivity index (χ3n) is 5.83. The molecule has 0 aliphatic carbocycles. The molecule has 0 spiro atoms. The maximum absolute atomic E-state index is 4.71. The second-order valence-corrected chi connectivity index (χ2v) is 7.75. The minimum absolute atomic E-state index is 0.880. The van der Waals surface area contributed by atoms with Crippen LogP contribution in [0.5, 0.6) is 0 Å². The molecule has 31 heavy (non-hydrogen) atoms. The van der Waals surface area contributed by atoms with Gasteiger partial charge in [0.1, 0.15) is 11.6 Å². The number of imidazole rings is 2. The van der Waals surface area contributed by atoms with E-state index in [1.54, 1.807) is 12.4 Å². The average Bonchev–Trinajstić information content (AvgIpc) is 3.48. The molecule has 3 aromatic heterocycles. The first-order chi connectivity index (χ1) is 15.2. The third-order valence-corrected chi connectivity index (χ3v) is 5.83. The summed E-state index contributed by atoms with van der Waals surface area (Å²) < 4.78 is 0. The predicted octanol–water partition coefficient (Wildman–Crippen LogP) is 5.59. The molecule has 6 nitrogen and oxygen atoms in total. The van der Waals surface area contributed by atoms with Gasteiger partial charge >= 0.3 is 0 Å². The monoisotopic (exact) mass is 404 g/mol. The molecule has 0 aliphatic rings. The summed E-state index contributed by atoms with van der Waals surface area (Å²) in [6.07, 6.45) is 8.16. The van der Waals surface area contributed by atoms with Crippen molar-refractivity contribution in [2.24, 2.45) is 0 Å². The largest absolute Gasteiger partial charge is 0.342 e. The number of nitrogens with zero attached hydrogens (tertiary/aromatic N) is 4. The number of hydrogen-bond donors (Lipinski definition) is 2. The quantitative estimate of drug-likeness (QED) is 0.377. The van der Waals surface area contributed by atoms with Gasteiger partial charge in [0.2, 0.25) is 0 Å². The molecule has 3 aromatic carbocycles. The first-order valence-corrected chi connectivity index (χ1v) is 10.4. The van der Waals surface area contributed by atoms with Crippen LogP contribution in [0.1, 0.15) is 18.6 Å². The van der Waals surface area contributed by atoms with Gasteiger partial charge in [-0.1, -0.05) is 31.2 Å². The minimum atomic E-state index is 0.880. The van der Waals surface area contributed by atoms with Crippen molar-refractivity contribution < 1.29 is 0 Å². The molecule has 150 valence electrons. The molecule has 6 aromatic rings. The lowest BCUT2D eigenvalue weighted by atomic mass is 9.95.